The minimum absolute atomic E-state index is 0.0877. The Morgan fingerprint density at radius 3 is 2.30 bits per heavy atom. The standard InChI is InChI=1S/C25H33N3O3SSi/c1-16-27-24(28-30-16)18-10-8-17(9-11-18)14-20(23(26)32)19-12-13-21(22(15-19)29-5)31-33(6,7)25(2,3)4/h8-13,15,20H,14H2,1-7H3,(H2,26,32). The van der Waals surface area contributed by atoms with E-state index < -0.39 is 8.32 Å². The number of methoxy groups -OCH3 is 1. The van der Waals surface area contributed by atoms with Gasteiger partial charge in [-0.1, -0.05) is 68.5 Å². The van der Waals surface area contributed by atoms with E-state index in [1.807, 2.05) is 42.5 Å². The highest BCUT2D eigenvalue weighted by Gasteiger charge is 2.39. The topological polar surface area (TPSA) is 83.4 Å². The minimum atomic E-state index is -2.00. The van der Waals surface area contributed by atoms with Crippen molar-refractivity contribution in [3.05, 3.63) is 59.5 Å². The van der Waals surface area contributed by atoms with Gasteiger partial charge in [-0.15, -0.1) is 0 Å². The summed E-state index contributed by atoms with van der Waals surface area (Å²) in [6.07, 6.45) is 0.673. The molecule has 2 aromatic carbocycles. The summed E-state index contributed by atoms with van der Waals surface area (Å²) >= 11 is 5.43. The first-order chi connectivity index (χ1) is 15.4. The lowest BCUT2D eigenvalue weighted by Gasteiger charge is -2.36. The predicted octanol–water partition coefficient (Wildman–Crippen LogP) is 6.05. The van der Waals surface area contributed by atoms with Crippen molar-refractivity contribution >= 4 is 25.5 Å². The molecule has 3 rings (SSSR count). The number of nitrogens with two attached hydrogens (primary N) is 1. The zero-order valence-corrected chi connectivity index (χ0v) is 22.2. The van der Waals surface area contributed by atoms with Crippen LogP contribution in [0.25, 0.3) is 11.4 Å². The highest BCUT2D eigenvalue weighted by Crippen LogP contribution is 2.41. The summed E-state index contributed by atoms with van der Waals surface area (Å²) in [4.78, 5) is 4.71. The molecule has 1 heterocycles. The van der Waals surface area contributed by atoms with E-state index in [2.05, 4.69) is 44.0 Å². The number of hydrogen-bond acceptors (Lipinski definition) is 6. The third-order valence-corrected chi connectivity index (χ3v) is 10.9. The molecule has 0 aliphatic rings. The van der Waals surface area contributed by atoms with Crippen LogP contribution in [-0.4, -0.2) is 30.6 Å². The van der Waals surface area contributed by atoms with Crippen molar-refractivity contribution in [3.8, 4) is 22.9 Å². The summed E-state index contributed by atoms with van der Waals surface area (Å²) in [5.74, 6) is 2.44. The van der Waals surface area contributed by atoms with Crippen LogP contribution in [0.5, 0.6) is 11.5 Å². The molecule has 6 nitrogen and oxygen atoms in total. The number of hydrogen-bond donors (Lipinski definition) is 1. The molecule has 0 aliphatic heterocycles. The maximum absolute atomic E-state index is 6.49. The summed E-state index contributed by atoms with van der Waals surface area (Å²) in [6.45, 7) is 12.9. The van der Waals surface area contributed by atoms with Crippen LogP contribution in [0.4, 0.5) is 0 Å². The van der Waals surface area contributed by atoms with E-state index in [9.17, 15) is 0 Å². The van der Waals surface area contributed by atoms with Crippen LogP contribution in [0.3, 0.4) is 0 Å². The Kier molecular flexibility index (Phi) is 7.28. The highest BCUT2D eigenvalue weighted by atomic mass is 32.1. The number of aryl methyl sites for hydroxylation is 1. The summed E-state index contributed by atoms with van der Waals surface area (Å²) in [6, 6.07) is 14.0. The average Bonchev–Trinajstić information content (AvgIpc) is 3.18. The second-order valence-corrected chi connectivity index (χ2v) is 15.0. The molecule has 1 atom stereocenters. The van der Waals surface area contributed by atoms with Gasteiger partial charge in [-0.2, -0.15) is 4.98 Å². The number of nitrogens with zero attached hydrogens (tertiary/aromatic N) is 2. The summed E-state index contributed by atoms with van der Waals surface area (Å²) in [5.41, 5.74) is 9.17. The van der Waals surface area contributed by atoms with Crippen molar-refractivity contribution in [1.29, 1.82) is 0 Å². The molecule has 0 aliphatic carbocycles. The number of aromatic nitrogens is 2. The van der Waals surface area contributed by atoms with E-state index in [-0.39, 0.29) is 11.0 Å². The molecule has 0 bridgehead atoms. The van der Waals surface area contributed by atoms with Gasteiger partial charge < -0.3 is 19.4 Å². The number of rotatable bonds is 8. The maximum Gasteiger partial charge on any atom is 0.250 e. The molecule has 3 aromatic rings. The quantitative estimate of drug-likeness (QED) is 0.308. The van der Waals surface area contributed by atoms with Crippen molar-refractivity contribution < 1.29 is 13.7 Å². The van der Waals surface area contributed by atoms with Gasteiger partial charge in [0.2, 0.25) is 11.7 Å². The predicted molar refractivity (Wildman–Crippen MR) is 139 cm³/mol. The van der Waals surface area contributed by atoms with E-state index in [4.69, 9.17) is 31.6 Å². The van der Waals surface area contributed by atoms with Gasteiger partial charge in [0.25, 0.3) is 8.32 Å². The third kappa shape index (κ3) is 5.81. The van der Waals surface area contributed by atoms with E-state index in [1.54, 1.807) is 14.0 Å². The van der Waals surface area contributed by atoms with Crippen molar-refractivity contribution in [2.24, 2.45) is 5.73 Å². The Morgan fingerprint density at radius 1 is 1.12 bits per heavy atom. The van der Waals surface area contributed by atoms with Gasteiger partial charge >= 0.3 is 0 Å². The number of ether oxygens (including phenoxy) is 1. The van der Waals surface area contributed by atoms with Crippen molar-refractivity contribution in [1.82, 2.24) is 10.1 Å². The van der Waals surface area contributed by atoms with Gasteiger partial charge in [0.1, 0.15) is 5.75 Å². The monoisotopic (exact) mass is 483 g/mol. The second kappa shape index (κ2) is 9.65. The van der Waals surface area contributed by atoms with Crippen molar-refractivity contribution in [2.75, 3.05) is 7.11 Å². The summed E-state index contributed by atoms with van der Waals surface area (Å²) in [7, 11) is -0.342. The highest BCUT2D eigenvalue weighted by molar-refractivity contribution is 7.80. The molecule has 0 saturated carbocycles. The van der Waals surface area contributed by atoms with E-state index in [1.165, 1.54) is 0 Å². The Bertz CT molecular complexity index is 1120. The lowest BCUT2D eigenvalue weighted by Crippen LogP contribution is -2.43. The van der Waals surface area contributed by atoms with Crippen LogP contribution in [-0.2, 0) is 6.42 Å². The third-order valence-electron chi connectivity index (χ3n) is 6.28. The fourth-order valence-corrected chi connectivity index (χ4v) is 4.48. The van der Waals surface area contributed by atoms with E-state index in [0.717, 1.165) is 22.4 Å². The van der Waals surface area contributed by atoms with Gasteiger partial charge in [-0.25, -0.2) is 0 Å². The molecule has 0 saturated heterocycles. The first kappa shape index (κ1) is 24.9. The maximum atomic E-state index is 6.49. The smallest absolute Gasteiger partial charge is 0.250 e. The molecule has 1 unspecified atom stereocenters. The van der Waals surface area contributed by atoms with Gasteiger partial charge in [0.15, 0.2) is 5.75 Å². The SMILES string of the molecule is COc1cc(C(Cc2ccc(-c3noc(C)n3)cc2)C(N)=S)ccc1O[Si](C)(C)C(C)(C)C. The average molecular weight is 484 g/mol. The first-order valence-electron chi connectivity index (χ1n) is 11.0. The Morgan fingerprint density at radius 2 is 1.79 bits per heavy atom. The first-order valence-corrected chi connectivity index (χ1v) is 14.3. The van der Waals surface area contributed by atoms with Gasteiger partial charge in [-0.3, -0.25) is 0 Å². The molecule has 0 fully saturated rings. The Balaban J connectivity index is 1.84. The molecule has 176 valence electrons. The van der Waals surface area contributed by atoms with Gasteiger partial charge in [0.05, 0.1) is 12.1 Å². The minimum Gasteiger partial charge on any atom is -0.541 e. The van der Waals surface area contributed by atoms with Crippen LogP contribution in [0, 0.1) is 6.92 Å². The van der Waals surface area contributed by atoms with Crippen molar-refractivity contribution in [2.45, 2.75) is 58.2 Å². The molecule has 33 heavy (non-hydrogen) atoms. The number of thiocarbonyl (C=S) groups is 1. The normalized spacial score (nSPS) is 12.9. The fraction of sp³-hybridized carbons (Fsp3) is 0.400. The lowest BCUT2D eigenvalue weighted by molar-refractivity contribution is 0.385. The Hall–Kier alpha value is -2.71. The van der Waals surface area contributed by atoms with Crippen LogP contribution in [0.15, 0.2) is 47.0 Å². The van der Waals surface area contributed by atoms with Crippen molar-refractivity contribution in [3.63, 3.8) is 0 Å². The largest absolute Gasteiger partial charge is 0.541 e. The van der Waals surface area contributed by atoms with Crippen LogP contribution in [0.1, 0.15) is 43.7 Å². The molecule has 0 spiro atoms. The van der Waals surface area contributed by atoms with Crippen LogP contribution in [0.2, 0.25) is 18.1 Å². The van der Waals surface area contributed by atoms with Gasteiger partial charge in [0, 0.05) is 18.4 Å². The lowest BCUT2D eigenvalue weighted by atomic mass is 9.91. The summed E-state index contributed by atoms with van der Waals surface area (Å²) in [5, 5.41) is 4.06. The Labute approximate surface area is 202 Å². The molecule has 0 radical (unpaired) electrons. The molecule has 8 heteroatoms. The zero-order chi connectivity index (χ0) is 24.4. The molecule has 1 aromatic heterocycles. The fourth-order valence-electron chi connectivity index (χ4n) is 3.24. The van der Waals surface area contributed by atoms with Gasteiger partial charge in [-0.05, 0) is 47.8 Å². The molecule has 2 N–H and O–H groups in total. The van der Waals surface area contributed by atoms with Crippen LogP contribution < -0.4 is 14.9 Å². The molecular weight excluding hydrogens is 450 g/mol. The summed E-state index contributed by atoms with van der Waals surface area (Å²) < 4.78 is 17.2. The zero-order valence-electron chi connectivity index (χ0n) is 20.4. The molecular formula is C25H33N3O3SSi. The van der Waals surface area contributed by atoms with E-state index in [0.29, 0.717) is 28.9 Å². The molecule has 0 amide bonds. The van der Waals surface area contributed by atoms with Crippen LogP contribution >= 0.6 is 12.2 Å². The number of benzene rings is 2. The second-order valence-electron chi connectivity index (χ2n) is 9.77. The van der Waals surface area contributed by atoms with E-state index >= 15 is 0 Å².